The highest BCUT2D eigenvalue weighted by molar-refractivity contribution is 7.86. The van der Waals surface area contributed by atoms with Crippen molar-refractivity contribution in [3.63, 3.8) is 0 Å². The minimum atomic E-state index is -3.92. The van der Waals surface area contributed by atoms with Gasteiger partial charge in [-0.15, -0.1) is 0 Å². The van der Waals surface area contributed by atoms with Gasteiger partial charge in [0.05, 0.1) is 29.0 Å². The Morgan fingerprint density at radius 3 is 2.34 bits per heavy atom. The highest BCUT2D eigenvalue weighted by Crippen LogP contribution is 2.31. The second-order valence-electron chi connectivity index (χ2n) is 6.45. The maximum absolute atomic E-state index is 12.5. The van der Waals surface area contributed by atoms with E-state index in [9.17, 15) is 8.42 Å². The van der Waals surface area contributed by atoms with Crippen LogP contribution in [0.15, 0.2) is 82.3 Å². The van der Waals surface area contributed by atoms with Gasteiger partial charge in [-0.2, -0.15) is 8.42 Å². The Kier molecular flexibility index (Phi) is 5.33. The minimum absolute atomic E-state index is 0.0928. The molecule has 29 heavy (non-hydrogen) atoms. The molecule has 0 aliphatic rings. The van der Waals surface area contributed by atoms with E-state index in [0.29, 0.717) is 34.7 Å². The number of benzene rings is 2. The van der Waals surface area contributed by atoms with Gasteiger partial charge in [-0.3, -0.25) is 4.18 Å². The molecule has 0 bridgehead atoms. The summed E-state index contributed by atoms with van der Waals surface area (Å²) in [4.78, 5) is 4.56. The zero-order valence-corrected chi connectivity index (χ0v) is 16.6. The molecular weight excluding hydrogens is 390 g/mol. The molecule has 2 aromatic heterocycles. The lowest BCUT2D eigenvalue weighted by Gasteiger charge is -2.13. The summed E-state index contributed by atoms with van der Waals surface area (Å²) in [6.07, 6.45) is 1.54. The van der Waals surface area contributed by atoms with Crippen molar-refractivity contribution in [1.82, 2.24) is 4.98 Å². The molecule has 0 unspecified atom stereocenters. The van der Waals surface area contributed by atoms with Crippen LogP contribution in [-0.4, -0.2) is 13.4 Å². The summed E-state index contributed by atoms with van der Waals surface area (Å²) in [7, 11) is -3.92. The van der Waals surface area contributed by atoms with Gasteiger partial charge < -0.3 is 9.15 Å². The Bertz CT molecular complexity index is 1220. The number of pyridine rings is 1. The summed E-state index contributed by atoms with van der Waals surface area (Å²) in [5.74, 6) is 0.323. The van der Waals surface area contributed by atoms with Crippen molar-refractivity contribution in [1.29, 1.82) is 0 Å². The Labute approximate surface area is 168 Å². The molecule has 0 fully saturated rings. The van der Waals surface area contributed by atoms with E-state index >= 15 is 0 Å². The summed E-state index contributed by atoms with van der Waals surface area (Å²) in [6.45, 7) is 1.90. The molecule has 6 nitrogen and oxygen atoms in total. The first-order chi connectivity index (χ1) is 14.0. The van der Waals surface area contributed by atoms with Crippen LogP contribution in [0.25, 0.3) is 11.0 Å². The first kappa shape index (κ1) is 19.2. The summed E-state index contributed by atoms with van der Waals surface area (Å²) in [6, 6.07) is 19.4. The number of furan rings is 1. The van der Waals surface area contributed by atoms with Crippen molar-refractivity contribution in [3.8, 4) is 5.88 Å². The van der Waals surface area contributed by atoms with Crippen LogP contribution in [-0.2, 0) is 27.5 Å². The fraction of sp³-hybridized carbons (Fsp3) is 0.136. The Morgan fingerprint density at radius 2 is 1.62 bits per heavy atom. The molecule has 4 aromatic rings. The number of nitrogens with zero attached hydrogens (tertiary/aromatic N) is 1. The van der Waals surface area contributed by atoms with Crippen molar-refractivity contribution in [2.24, 2.45) is 0 Å². The van der Waals surface area contributed by atoms with Crippen molar-refractivity contribution >= 4 is 21.1 Å². The Morgan fingerprint density at radius 1 is 0.931 bits per heavy atom. The molecule has 0 radical (unpaired) electrons. The lowest BCUT2D eigenvalue weighted by Crippen LogP contribution is -2.09. The smallest absolute Gasteiger partial charge is 0.297 e. The molecule has 2 aromatic carbocycles. The molecule has 0 aliphatic heterocycles. The Hall–Kier alpha value is -3.16. The third-order valence-corrected chi connectivity index (χ3v) is 5.73. The lowest BCUT2D eigenvalue weighted by molar-refractivity contribution is 0.268. The van der Waals surface area contributed by atoms with Gasteiger partial charge in [0, 0.05) is 5.39 Å². The first-order valence-electron chi connectivity index (χ1n) is 9.02. The highest BCUT2D eigenvalue weighted by atomic mass is 32.2. The average Bonchev–Trinajstić information content (AvgIpc) is 3.24. The molecule has 2 heterocycles. The quantitative estimate of drug-likeness (QED) is 0.415. The van der Waals surface area contributed by atoms with Crippen LogP contribution < -0.4 is 4.74 Å². The standard InChI is InChI=1S/C22H19NO5S/c1-16-21-19(12-13-26-21)20(15-28-29(24,25)18-10-6-3-7-11-18)22(23-16)27-14-17-8-4-2-5-9-17/h2-13H,14-15H2,1H3. The SMILES string of the molecule is Cc1nc(OCc2ccccc2)c(COS(=O)(=O)c2ccccc2)c2ccoc12. The molecule has 0 amide bonds. The van der Waals surface area contributed by atoms with Crippen LogP contribution in [0.1, 0.15) is 16.8 Å². The summed E-state index contributed by atoms with van der Waals surface area (Å²) < 4.78 is 41.8. The van der Waals surface area contributed by atoms with Gasteiger partial charge in [0.15, 0.2) is 5.58 Å². The number of aryl methyl sites for hydroxylation is 1. The van der Waals surface area contributed by atoms with E-state index in [0.717, 1.165) is 5.56 Å². The summed E-state index contributed by atoms with van der Waals surface area (Å²) in [5, 5.41) is 0.712. The number of aromatic nitrogens is 1. The molecule has 0 atom stereocenters. The van der Waals surface area contributed by atoms with E-state index in [1.165, 1.54) is 18.4 Å². The van der Waals surface area contributed by atoms with E-state index in [1.807, 2.05) is 37.3 Å². The van der Waals surface area contributed by atoms with Crippen molar-refractivity contribution in [2.75, 3.05) is 0 Å². The molecule has 0 N–H and O–H groups in total. The van der Waals surface area contributed by atoms with Crippen molar-refractivity contribution in [3.05, 3.63) is 89.8 Å². The Balaban J connectivity index is 1.65. The number of hydrogen-bond acceptors (Lipinski definition) is 6. The van der Waals surface area contributed by atoms with E-state index in [2.05, 4.69) is 4.98 Å². The zero-order valence-electron chi connectivity index (χ0n) is 15.7. The van der Waals surface area contributed by atoms with Gasteiger partial charge in [-0.1, -0.05) is 48.5 Å². The van der Waals surface area contributed by atoms with Gasteiger partial charge in [-0.05, 0) is 30.7 Å². The van der Waals surface area contributed by atoms with Crippen LogP contribution in [0.2, 0.25) is 0 Å². The van der Waals surface area contributed by atoms with Gasteiger partial charge in [-0.25, -0.2) is 4.98 Å². The molecule has 148 valence electrons. The summed E-state index contributed by atoms with van der Waals surface area (Å²) >= 11 is 0. The number of ether oxygens (including phenoxy) is 1. The second-order valence-corrected chi connectivity index (χ2v) is 8.06. The van der Waals surface area contributed by atoms with Crippen molar-refractivity contribution in [2.45, 2.75) is 25.0 Å². The molecule has 0 aliphatic carbocycles. The molecule has 0 saturated heterocycles. The van der Waals surface area contributed by atoms with Gasteiger partial charge >= 0.3 is 0 Å². The van der Waals surface area contributed by atoms with E-state index < -0.39 is 10.1 Å². The zero-order chi connectivity index (χ0) is 20.3. The molecule has 4 rings (SSSR count). The fourth-order valence-corrected chi connectivity index (χ4v) is 3.89. The largest absolute Gasteiger partial charge is 0.473 e. The van der Waals surface area contributed by atoms with E-state index in [1.54, 1.807) is 24.3 Å². The van der Waals surface area contributed by atoms with Crippen LogP contribution >= 0.6 is 0 Å². The summed E-state index contributed by atoms with van der Waals surface area (Å²) in [5.41, 5.74) is 2.73. The van der Waals surface area contributed by atoms with Crippen molar-refractivity contribution < 1.29 is 21.8 Å². The van der Waals surface area contributed by atoms with Gasteiger partial charge in [0.25, 0.3) is 10.1 Å². The average molecular weight is 409 g/mol. The first-order valence-corrected chi connectivity index (χ1v) is 10.4. The number of fused-ring (bicyclic) bond motifs is 1. The highest BCUT2D eigenvalue weighted by Gasteiger charge is 2.20. The number of hydrogen-bond donors (Lipinski definition) is 0. The molecule has 7 heteroatoms. The second kappa shape index (κ2) is 8.06. The maximum Gasteiger partial charge on any atom is 0.297 e. The van der Waals surface area contributed by atoms with E-state index in [-0.39, 0.29) is 11.5 Å². The normalized spacial score (nSPS) is 11.6. The third kappa shape index (κ3) is 4.16. The fourth-order valence-electron chi connectivity index (χ4n) is 2.99. The third-order valence-electron chi connectivity index (χ3n) is 4.46. The van der Waals surface area contributed by atoms with Crippen LogP contribution in [0.3, 0.4) is 0 Å². The van der Waals surface area contributed by atoms with Crippen LogP contribution in [0.5, 0.6) is 5.88 Å². The molecule has 0 spiro atoms. The predicted octanol–water partition coefficient (Wildman–Crippen LogP) is 4.62. The topological polar surface area (TPSA) is 78.6 Å². The van der Waals surface area contributed by atoms with Crippen LogP contribution in [0, 0.1) is 6.92 Å². The van der Waals surface area contributed by atoms with Crippen LogP contribution in [0.4, 0.5) is 0 Å². The van der Waals surface area contributed by atoms with Gasteiger partial charge in [0.1, 0.15) is 6.61 Å². The maximum atomic E-state index is 12.5. The molecular formula is C22H19NO5S. The van der Waals surface area contributed by atoms with Gasteiger partial charge in [0.2, 0.25) is 5.88 Å². The van der Waals surface area contributed by atoms with E-state index in [4.69, 9.17) is 13.3 Å². The molecule has 0 saturated carbocycles. The number of rotatable bonds is 7. The predicted molar refractivity (Wildman–Crippen MR) is 108 cm³/mol. The minimum Gasteiger partial charge on any atom is -0.473 e. The lowest BCUT2D eigenvalue weighted by atomic mass is 10.1. The monoisotopic (exact) mass is 409 g/mol.